The zero-order valence-electron chi connectivity index (χ0n) is 28.2. The van der Waals surface area contributed by atoms with Gasteiger partial charge < -0.3 is 9.80 Å². The summed E-state index contributed by atoms with van der Waals surface area (Å²) in [6.07, 6.45) is 19.4. The van der Waals surface area contributed by atoms with Crippen molar-refractivity contribution in [2.24, 2.45) is 0 Å². The molecular formula is C39H55Cl2N2P. The zero-order valence-corrected chi connectivity index (χ0v) is 30.7. The third kappa shape index (κ3) is 6.23. The SMILES string of the molecule is Cc1cc(C)c(N2CN(c3c(C)cc(C)cc3C)C(Cl)(Cl)C2=C2CCCCC2P(C2CCCCC2)C2CCCCC2)c(C)c1. The van der Waals surface area contributed by atoms with Crippen LogP contribution in [-0.4, -0.2) is 28.1 Å². The van der Waals surface area contributed by atoms with E-state index in [0.29, 0.717) is 12.3 Å². The highest BCUT2D eigenvalue weighted by atomic mass is 35.5. The van der Waals surface area contributed by atoms with Crippen LogP contribution in [0.25, 0.3) is 0 Å². The standard InChI is InChI=1S/C39H55Cl2N2P/c1-26-21-28(3)36(29(4)22-26)42-25-43(37-30(5)23-27(2)24-31(37)6)39(40,41)38(42)34-19-13-14-20-35(34)44(32-15-9-7-10-16-32)33-17-11-8-12-18-33/h21-24,32-33,35H,7-20,25H2,1-6H3. The number of hydrogen-bond donors (Lipinski definition) is 0. The molecule has 4 aliphatic rings. The molecule has 3 saturated carbocycles. The van der Waals surface area contributed by atoms with E-state index in [-0.39, 0.29) is 7.92 Å². The van der Waals surface area contributed by atoms with Gasteiger partial charge in [0.2, 0.25) is 4.46 Å². The van der Waals surface area contributed by atoms with E-state index in [0.717, 1.165) is 17.7 Å². The molecule has 4 fully saturated rings. The first-order chi connectivity index (χ1) is 21.1. The fraction of sp³-hybridized carbons (Fsp3) is 0.641. The Labute approximate surface area is 279 Å². The lowest BCUT2D eigenvalue weighted by Gasteiger charge is -2.46. The summed E-state index contributed by atoms with van der Waals surface area (Å²) < 4.78 is -1.13. The first kappa shape index (κ1) is 32.7. The Hall–Kier alpha value is -1.21. The minimum Gasteiger partial charge on any atom is -0.322 e. The Bertz CT molecular complexity index is 1320. The summed E-state index contributed by atoms with van der Waals surface area (Å²) in [5.41, 5.74) is 15.5. The fourth-order valence-corrected chi connectivity index (χ4v) is 15.1. The highest BCUT2D eigenvalue weighted by Gasteiger charge is 2.52. The van der Waals surface area contributed by atoms with Crippen LogP contribution in [-0.2, 0) is 0 Å². The van der Waals surface area contributed by atoms with Gasteiger partial charge in [-0.3, -0.25) is 0 Å². The van der Waals surface area contributed by atoms with E-state index in [1.165, 1.54) is 134 Å². The van der Waals surface area contributed by atoms with Crippen LogP contribution in [0.3, 0.4) is 0 Å². The minimum absolute atomic E-state index is 0.126. The molecular weight excluding hydrogens is 598 g/mol. The zero-order chi connectivity index (χ0) is 31.2. The van der Waals surface area contributed by atoms with Crippen LogP contribution in [0.1, 0.15) is 123 Å². The molecule has 0 bridgehead atoms. The van der Waals surface area contributed by atoms with Gasteiger partial charge in [0, 0.05) is 17.0 Å². The third-order valence-electron chi connectivity index (χ3n) is 11.2. The van der Waals surface area contributed by atoms with E-state index in [2.05, 4.69) is 75.6 Å². The Morgan fingerprint density at radius 1 is 0.614 bits per heavy atom. The molecule has 44 heavy (non-hydrogen) atoms. The molecule has 2 aromatic carbocycles. The van der Waals surface area contributed by atoms with Gasteiger partial charge in [0.1, 0.15) is 0 Å². The van der Waals surface area contributed by atoms with Crippen molar-refractivity contribution in [1.82, 2.24) is 0 Å². The van der Waals surface area contributed by atoms with Crippen LogP contribution in [0.2, 0.25) is 0 Å². The second kappa shape index (κ2) is 13.5. The molecule has 1 saturated heterocycles. The molecule has 0 aromatic heterocycles. The van der Waals surface area contributed by atoms with Crippen molar-refractivity contribution < 1.29 is 0 Å². The maximum Gasteiger partial charge on any atom is 0.233 e. The first-order valence-corrected chi connectivity index (χ1v) is 20.0. The number of alkyl halides is 2. The molecule has 0 radical (unpaired) electrons. The van der Waals surface area contributed by atoms with Gasteiger partial charge in [-0.15, -0.1) is 0 Å². The summed E-state index contributed by atoms with van der Waals surface area (Å²) in [5, 5.41) is 0. The van der Waals surface area contributed by atoms with Gasteiger partial charge in [-0.2, -0.15) is 0 Å². The molecule has 3 aliphatic carbocycles. The fourth-order valence-electron chi connectivity index (χ4n) is 9.71. The van der Waals surface area contributed by atoms with Crippen LogP contribution < -0.4 is 9.80 Å². The Morgan fingerprint density at radius 3 is 1.57 bits per heavy atom. The monoisotopic (exact) mass is 652 g/mol. The molecule has 6 rings (SSSR count). The van der Waals surface area contributed by atoms with Crippen LogP contribution in [0.5, 0.6) is 0 Å². The molecule has 5 heteroatoms. The number of benzene rings is 2. The molecule has 1 aliphatic heterocycles. The van der Waals surface area contributed by atoms with Crippen molar-refractivity contribution in [2.75, 3.05) is 16.5 Å². The molecule has 2 aromatic rings. The number of rotatable bonds is 5. The van der Waals surface area contributed by atoms with Crippen LogP contribution >= 0.6 is 31.1 Å². The summed E-state index contributed by atoms with van der Waals surface area (Å²) in [7, 11) is -0.126. The lowest BCUT2D eigenvalue weighted by molar-refractivity contribution is 0.476. The van der Waals surface area contributed by atoms with Gasteiger partial charge >= 0.3 is 0 Å². The van der Waals surface area contributed by atoms with Gasteiger partial charge in [0.15, 0.2) is 0 Å². The van der Waals surface area contributed by atoms with Crippen molar-refractivity contribution in [3.8, 4) is 0 Å². The Kier molecular flexibility index (Phi) is 10.0. The van der Waals surface area contributed by atoms with E-state index >= 15 is 0 Å². The van der Waals surface area contributed by atoms with Gasteiger partial charge in [0.25, 0.3) is 0 Å². The largest absolute Gasteiger partial charge is 0.322 e. The maximum atomic E-state index is 7.87. The number of halogens is 2. The van der Waals surface area contributed by atoms with Crippen molar-refractivity contribution >= 4 is 42.5 Å². The third-order valence-corrected chi connectivity index (χ3v) is 16.0. The average Bonchev–Trinajstić information content (AvgIpc) is 3.23. The van der Waals surface area contributed by atoms with E-state index < -0.39 is 4.46 Å². The van der Waals surface area contributed by atoms with Crippen molar-refractivity contribution in [2.45, 2.75) is 153 Å². The summed E-state index contributed by atoms with van der Waals surface area (Å²) in [5.74, 6) is 0. The first-order valence-electron chi connectivity index (χ1n) is 17.7. The van der Waals surface area contributed by atoms with E-state index in [1.54, 1.807) is 5.57 Å². The van der Waals surface area contributed by atoms with Gasteiger partial charge in [-0.25, -0.2) is 0 Å². The predicted molar refractivity (Wildman–Crippen MR) is 196 cm³/mol. The van der Waals surface area contributed by atoms with Crippen molar-refractivity contribution in [3.05, 3.63) is 68.9 Å². The second-order valence-corrected chi connectivity index (χ2v) is 19.0. The quantitative estimate of drug-likeness (QED) is 0.180. The Morgan fingerprint density at radius 2 is 1.07 bits per heavy atom. The van der Waals surface area contributed by atoms with E-state index in [1.807, 2.05) is 0 Å². The summed E-state index contributed by atoms with van der Waals surface area (Å²) in [4.78, 5) is 4.90. The summed E-state index contributed by atoms with van der Waals surface area (Å²) in [6.45, 7) is 14.1. The molecule has 0 spiro atoms. The van der Waals surface area contributed by atoms with Gasteiger partial charge in [0.05, 0.1) is 12.4 Å². The average molecular weight is 654 g/mol. The van der Waals surface area contributed by atoms with Crippen LogP contribution in [0, 0.1) is 41.5 Å². The van der Waals surface area contributed by atoms with Crippen LogP contribution in [0.15, 0.2) is 35.5 Å². The highest BCUT2D eigenvalue weighted by Crippen LogP contribution is 2.64. The number of anilines is 2. The van der Waals surface area contributed by atoms with Crippen molar-refractivity contribution in [1.29, 1.82) is 0 Å². The molecule has 1 heterocycles. The van der Waals surface area contributed by atoms with E-state index in [4.69, 9.17) is 23.2 Å². The number of hydrogen-bond acceptors (Lipinski definition) is 2. The van der Waals surface area contributed by atoms with Crippen LogP contribution in [0.4, 0.5) is 11.4 Å². The van der Waals surface area contributed by atoms with E-state index in [9.17, 15) is 0 Å². The molecule has 0 amide bonds. The smallest absolute Gasteiger partial charge is 0.233 e. The summed E-state index contributed by atoms with van der Waals surface area (Å²) in [6, 6.07) is 9.27. The molecule has 240 valence electrons. The lowest BCUT2D eigenvalue weighted by Crippen LogP contribution is -2.37. The highest BCUT2D eigenvalue weighted by molar-refractivity contribution is 7.60. The molecule has 2 nitrogen and oxygen atoms in total. The molecule has 1 unspecified atom stereocenters. The van der Waals surface area contributed by atoms with Gasteiger partial charge in [-0.1, -0.05) is 111 Å². The Balaban J connectivity index is 1.55. The van der Waals surface area contributed by atoms with Crippen molar-refractivity contribution in [3.63, 3.8) is 0 Å². The number of allylic oxidation sites excluding steroid dienone is 1. The maximum absolute atomic E-state index is 7.87. The normalized spacial score (nSPS) is 25.3. The lowest BCUT2D eigenvalue weighted by atomic mass is 9.91. The van der Waals surface area contributed by atoms with Gasteiger partial charge in [-0.05, 0) is 126 Å². The predicted octanol–water partition coefficient (Wildman–Crippen LogP) is 12.3. The second-order valence-electron chi connectivity index (χ2n) is 14.7. The number of nitrogens with zero attached hydrogens (tertiary/aromatic N) is 2. The number of aryl methyl sites for hydroxylation is 6. The molecule has 1 atom stereocenters. The summed E-state index contributed by atoms with van der Waals surface area (Å²) >= 11 is 15.7. The molecule has 0 N–H and O–H groups in total. The topological polar surface area (TPSA) is 6.48 Å². The minimum atomic E-state index is -1.13.